The van der Waals surface area contributed by atoms with Gasteiger partial charge in [0.25, 0.3) is 5.91 Å². The molecule has 2 aromatic rings. The Morgan fingerprint density at radius 3 is 2.48 bits per heavy atom. The standard InChI is InChI=1S/C15H17N5O3/c1-10-17-18-19-20(10)12(11-6-3-2-4-7-11)13(21)16-15(14(22)23)8-5-9-15/h2-4,6-7,12H,5,8-9H2,1H3,(H,16,21)(H,22,23)/t12-/m1/s1. The van der Waals surface area contributed by atoms with Crippen LogP contribution in [0.15, 0.2) is 30.3 Å². The van der Waals surface area contributed by atoms with E-state index in [9.17, 15) is 14.7 Å². The van der Waals surface area contributed by atoms with Gasteiger partial charge in [0.15, 0.2) is 6.04 Å². The highest BCUT2D eigenvalue weighted by Gasteiger charge is 2.47. The van der Waals surface area contributed by atoms with E-state index in [1.165, 1.54) is 4.68 Å². The van der Waals surface area contributed by atoms with Gasteiger partial charge in [0.1, 0.15) is 11.4 Å². The second-order valence-electron chi connectivity index (χ2n) is 5.71. The van der Waals surface area contributed by atoms with Crippen LogP contribution in [0, 0.1) is 6.92 Å². The smallest absolute Gasteiger partial charge is 0.329 e. The van der Waals surface area contributed by atoms with Crippen molar-refractivity contribution in [1.29, 1.82) is 0 Å². The molecule has 1 aliphatic rings. The number of hydrogen-bond donors (Lipinski definition) is 2. The van der Waals surface area contributed by atoms with Crippen molar-refractivity contribution in [2.24, 2.45) is 0 Å². The maximum absolute atomic E-state index is 12.8. The van der Waals surface area contributed by atoms with Gasteiger partial charge in [-0.05, 0) is 42.2 Å². The molecule has 1 saturated carbocycles. The summed E-state index contributed by atoms with van der Waals surface area (Å²) in [7, 11) is 0. The van der Waals surface area contributed by atoms with Crippen molar-refractivity contribution in [2.45, 2.75) is 37.8 Å². The average molecular weight is 315 g/mol. The number of tetrazole rings is 1. The van der Waals surface area contributed by atoms with Gasteiger partial charge in [-0.15, -0.1) is 5.10 Å². The molecular formula is C15H17N5O3. The molecule has 1 amide bonds. The number of amides is 1. The molecule has 0 bridgehead atoms. The fourth-order valence-electron chi connectivity index (χ4n) is 2.74. The van der Waals surface area contributed by atoms with E-state index >= 15 is 0 Å². The van der Waals surface area contributed by atoms with Crippen LogP contribution < -0.4 is 5.32 Å². The molecule has 0 radical (unpaired) electrons. The van der Waals surface area contributed by atoms with E-state index in [-0.39, 0.29) is 0 Å². The van der Waals surface area contributed by atoms with E-state index in [0.717, 1.165) is 6.42 Å². The van der Waals surface area contributed by atoms with Crippen molar-refractivity contribution < 1.29 is 14.7 Å². The lowest BCUT2D eigenvalue weighted by molar-refractivity contribution is -0.152. The number of nitrogens with zero attached hydrogens (tertiary/aromatic N) is 4. The lowest BCUT2D eigenvalue weighted by Crippen LogP contribution is -2.60. The Labute approximate surface area is 132 Å². The monoisotopic (exact) mass is 315 g/mol. The van der Waals surface area contributed by atoms with Crippen molar-refractivity contribution in [3.05, 3.63) is 41.7 Å². The van der Waals surface area contributed by atoms with Gasteiger partial charge in [-0.2, -0.15) is 0 Å². The van der Waals surface area contributed by atoms with Crippen LogP contribution in [0.4, 0.5) is 0 Å². The summed E-state index contributed by atoms with van der Waals surface area (Å²) in [5.74, 6) is -0.946. The van der Waals surface area contributed by atoms with Crippen LogP contribution >= 0.6 is 0 Å². The number of rotatable bonds is 5. The van der Waals surface area contributed by atoms with Gasteiger partial charge >= 0.3 is 5.97 Å². The fourth-order valence-corrected chi connectivity index (χ4v) is 2.74. The normalized spacial score (nSPS) is 17.1. The summed E-state index contributed by atoms with van der Waals surface area (Å²) in [5, 5.41) is 23.4. The van der Waals surface area contributed by atoms with Crippen LogP contribution in [0.1, 0.15) is 36.7 Å². The zero-order chi connectivity index (χ0) is 16.4. The minimum atomic E-state index is -1.17. The molecule has 1 aliphatic carbocycles. The molecule has 1 heterocycles. The molecule has 1 aromatic heterocycles. The molecule has 2 N–H and O–H groups in total. The van der Waals surface area contributed by atoms with Crippen molar-refractivity contribution in [1.82, 2.24) is 25.5 Å². The molecule has 1 atom stereocenters. The first-order valence-corrected chi connectivity index (χ1v) is 7.38. The molecule has 0 saturated heterocycles. The van der Waals surface area contributed by atoms with E-state index in [4.69, 9.17) is 0 Å². The Balaban J connectivity index is 1.94. The maximum Gasteiger partial charge on any atom is 0.329 e. The van der Waals surface area contributed by atoms with Gasteiger partial charge in [0.2, 0.25) is 0 Å². The van der Waals surface area contributed by atoms with E-state index in [2.05, 4.69) is 20.8 Å². The molecule has 23 heavy (non-hydrogen) atoms. The Hall–Kier alpha value is -2.77. The highest BCUT2D eigenvalue weighted by Crippen LogP contribution is 2.33. The Kier molecular flexibility index (Phi) is 3.81. The van der Waals surface area contributed by atoms with Crippen LogP contribution in [0.5, 0.6) is 0 Å². The van der Waals surface area contributed by atoms with Gasteiger partial charge in [0.05, 0.1) is 0 Å². The number of carbonyl (C=O) groups excluding carboxylic acids is 1. The lowest BCUT2D eigenvalue weighted by atomic mass is 9.76. The fraction of sp³-hybridized carbons (Fsp3) is 0.400. The van der Waals surface area contributed by atoms with Crippen molar-refractivity contribution in [3.8, 4) is 0 Å². The number of carboxylic acid groups (broad SMARTS) is 1. The lowest BCUT2D eigenvalue weighted by Gasteiger charge is -2.39. The number of carboxylic acids is 1. The maximum atomic E-state index is 12.8. The molecule has 0 spiro atoms. The largest absolute Gasteiger partial charge is 0.480 e. The highest BCUT2D eigenvalue weighted by molar-refractivity contribution is 5.91. The van der Waals surface area contributed by atoms with Gasteiger partial charge in [-0.3, -0.25) is 4.79 Å². The molecule has 0 aliphatic heterocycles. The third kappa shape index (κ3) is 2.67. The Bertz CT molecular complexity index is 724. The molecule has 3 rings (SSSR count). The Morgan fingerprint density at radius 2 is 2.00 bits per heavy atom. The second kappa shape index (κ2) is 5.79. The number of aliphatic carboxylic acids is 1. The van der Waals surface area contributed by atoms with E-state index in [1.807, 2.05) is 18.2 Å². The van der Waals surface area contributed by atoms with Crippen LogP contribution in [0.3, 0.4) is 0 Å². The summed E-state index contributed by atoms with van der Waals surface area (Å²) >= 11 is 0. The van der Waals surface area contributed by atoms with Crippen LogP contribution in [0.2, 0.25) is 0 Å². The highest BCUT2D eigenvalue weighted by atomic mass is 16.4. The first-order valence-electron chi connectivity index (χ1n) is 7.38. The Morgan fingerprint density at radius 1 is 1.30 bits per heavy atom. The van der Waals surface area contributed by atoms with E-state index in [0.29, 0.717) is 24.2 Å². The minimum absolute atomic E-state index is 0.422. The minimum Gasteiger partial charge on any atom is -0.480 e. The first kappa shape index (κ1) is 15.1. The summed E-state index contributed by atoms with van der Waals surface area (Å²) in [4.78, 5) is 24.3. The van der Waals surface area contributed by atoms with Crippen LogP contribution in [-0.2, 0) is 9.59 Å². The third-order valence-electron chi connectivity index (χ3n) is 4.24. The number of carbonyl (C=O) groups is 2. The van der Waals surface area contributed by atoms with Gasteiger partial charge in [-0.1, -0.05) is 30.3 Å². The number of hydrogen-bond acceptors (Lipinski definition) is 5. The predicted octanol–water partition coefficient (Wildman–Crippen LogP) is 0.694. The van der Waals surface area contributed by atoms with Gasteiger partial charge < -0.3 is 10.4 Å². The quantitative estimate of drug-likeness (QED) is 0.840. The molecule has 0 unspecified atom stereocenters. The van der Waals surface area contributed by atoms with Crippen molar-refractivity contribution in [2.75, 3.05) is 0 Å². The summed E-state index contributed by atoms with van der Waals surface area (Å²) in [6, 6.07) is 8.24. The predicted molar refractivity (Wildman–Crippen MR) is 79.5 cm³/mol. The first-order chi connectivity index (χ1) is 11.0. The van der Waals surface area contributed by atoms with E-state index < -0.39 is 23.5 Å². The number of aryl methyl sites for hydroxylation is 1. The van der Waals surface area contributed by atoms with Crippen LogP contribution in [-0.4, -0.2) is 42.7 Å². The number of aromatic nitrogens is 4. The summed E-state index contributed by atoms with van der Waals surface area (Å²) in [6.07, 6.45) is 1.65. The third-order valence-corrected chi connectivity index (χ3v) is 4.24. The van der Waals surface area contributed by atoms with Gasteiger partial charge in [0, 0.05) is 0 Å². The zero-order valence-corrected chi connectivity index (χ0v) is 12.6. The summed E-state index contributed by atoms with van der Waals surface area (Å²) in [5.41, 5.74) is -0.480. The van der Waals surface area contributed by atoms with Crippen LogP contribution in [0.25, 0.3) is 0 Å². The summed E-state index contributed by atoms with van der Waals surface area (Å²) in [6.45, 7) is 1.69. The second-order valence-corrected chi connectivity index (χ2v) is 5.71. The molecule has 8 nitrogen and oxygen atoms in total. The topological polar surface area (TPSA) is 110 Å². The molecule has 8 heteroatoms. The average Bonchev–Trinajstić information content (AvgIpc) is 2.90. The van der Waals surface area contributed by atoms with Crippen molar-refractivity contribution >= 4 is 11.9 Å². The molecular weight excluding hydrogens is 298 g/mol. The van der Waals surface area contributed by atoms with Crippen molar-refractivity contribution in [3.63, 3.8) is 0 Å². The molecule has 120 valence electrons. The number of nitrogens with one attached hydrogen (secondary N) is 1. The van der Waals surface area contributed by atoms with Gasteiger partial charge in [-0.25, -0.2) is 9.48 Å². The van der Waals surface area contributed by atoms with E-state index in [1.54, 1.807) is 19.1 Å². The molecule has 1 aromatic carbocycles. The summed E-state index contributed by atoms with van der Waals surface area (Å²) < 4.78 is 1.40. The SMILES string of the molecule is Cc1nnnn1[C@@H](C(=O)NC1(C(=O)O)CCC1)c1ccccc1. The molecule has 1 fully saturated rings. The number of benzene rings is 1. The zero-order valence-electron chi connectivity index (χ0n) is 12.6.